The van der Waals surface area contributed by atoms with E-state index in [1.54, 1.807) is 0 Å². The summed E-state index contributed by atoms with van der Waals surface area (Å²) in [6.07, 6.45) is 5.27. The minimum absolute atomic E-state index is 0.152. The Kier molecular flexibility index (Phi) is 10.2. The van der Waals surface area contributed by atoms with Gasteiger partial charge in [-0.15, -0.1) is 11.8 Å². The Hall–Kier alpha value is -2.72. The molecule has 1 atom stereocenters. The highest BCUT2D eigenvalue weighted by atomic mass is 32.2. The first-order valence-electron chi connectivity index (χ1n) is 14.6. The lowest BCUT2D eigenvalue weighted by atomic mass is 9.84. The van der Waals surface area contributed by atoms with Gasteiger partial charge in [0.2, 0.25) is 0 Å². The van der Waals surface area contributed by atoms with Crippen molar-refractivity contribution < 1.29 is 9.13 Å². The quantitative estimate of drug-likeness (QED) is 0.289. The zero-order valence-corrected chi connectivity index (χ0v) is 25.1. The van der Waals surface area contributed by atoms with Crippen LogP contribution in [0.25, 0.3) is 11.1 Å². The van der Waals surface area contributed by atoms with Crippen molar-refractivity contribution >= 4 is 28.6 Å². The third-order valence-corrected chi connectivity index (χ3v) is 8.75. The van der Waals surface area contributed by atoms with Crippen molar-refractivity contribution in [3.63, 3.8) is 0 Å². The van der Waals surface area contributed by atoms with E-state index < -0.39 is 0 Å². The van der Waals surface area contributed by atoms with E-state index in [-0.39, 0.29) is 12.1 Å². The van der Waals surface area contributed by atoms with Gasteiger partial charge in [0, 0.05) is 28.3 Å². The van der Waals surface area contributed by atoms with Crippen molar-refractivity contribution in [2.24, 2.45) is 0 Å². The number of hydrogen-bond donors (Lipinski definition) is 1. The fraction of sp³-hybridized carbons (Fsp3) is 0.429. The number of rotatable bonds is 9. The lowest BCUT2D eigenvalue weighted by Gasteiger charge is -2.25. The highest BCUT2D eigenvalue weighted by molar-refractivity contribution is 7.99. The molecule has 0 amide bonds. The van der Waals surface area contributed by atoms with E-state index in [9.17, 15) is 4.39 Å². The zero-order valence-electron chi connectivity index (χ0n) is 24.3. The fourth-order valence-electron chi connectivity index (χ4n) is 5.29. The molecule has 0 saturated heterocycles. The van der Waals surface area contributed by atoms with Crippen LogP contribution in [0.1, 0.15) is 89.0 Å². The normalized spacial score (nSPS) is 15.9. The van der Waals surface area contributed by atoms with Gasteiger partial charge in [-0.05, 0) is 83.0 Å². The summed E-state index contributed by atoms with van der Waals surface area (Å²) in [4.78, 5) is 1.36. The molecule has 1 N–H and O–H groups in total. The van der Waals surface area contributed by atoms with Crippen molar-refractivity contribution in [2.45, 2.75) is 83.1 Å². The molecule has 0 saturated carbocycles. The van der Waals surface area contributed by atoms with Gasteiger partial charge in [-0.1, -0.05) is 83.9 Å². The smallest absolute Gasteiger partial charge is 0.119 e. The highest BCUT2D eigenvalue weighted by Gasteiger charge is 2.31. The van der Waals surface area contributed by atoms with Gasteiger partial charge in [0.25, 0.3) is 0 Å². The molecule has 2 heterocycles. The average molecular weight is 546 g/mol. The third-order valence-electron chi connectivity index (χ3n) is 7.65. The van der Waals surface area contributed by atoms with Gasteiger partial charge >= 0.3 is 0 Å². The summed E-state index contributed by atoms with van der Waals surface area (Å²) in [5.74, 6) is 1.95. The van der Waals surface area contributed by atoms with E-state index in [1.807, 2.05) is 18.7 Å². The van der Waals surface area contributed by atoms with Crippen LogP contribution < -0.4 is 10.1 Å². The van der Waals surface area contributed by atoms with E-state index in [1.165, 1.54) is 44.0 Å². The topological polar surface area (TPSA) is 21.3 Å². The maximum atomic E-state index is 11.0. The van der Waals surface area contributed by atoms with E-state index >= 15 is 0 Å². The second-order valence-electron chi connectivity index (χ2n) is 11.1. The van der Waals surface area contributed by atoms with Crippen LogP contribution >= 0.6 is 11.8 Å². The molecule has 4 heteroatoms. The molecule has 3 aromatic rings. The Balaban J connectivity index is 0.000000648. The number of nitrogens with one attached hydrogen (secondary N) is 1. The highest BCUT2D eigenvalue weighted by Crippen LogP contribution is 2.46. The zero-order chi connectivity index (χ0) is 27.8. The Morgan fingerprint density at radius 3 is 2.36 bits per heavy atom. The summed E-state index contributed by atoms with van der Waals surface area (Å²) in [5, 5.41) is 3.58. The van der Waals surface area contributed by atoms with Crippen LogP contribution in [-0.4, -0.2) is 25.1 Å². The molecule has 3 aromatic carbocycles. The summed E-state index contributed by atoms with van der Waals surface area (Å²) < 4.78 is 17.3. The van der Waals surface area contributed by atoms with Gasteiger partial charge in [0.1, 0.15) is 5.75 Å². The number of hydrogen-bond acceptors (Lipinski definition) is 3. The Morgan fingerprint density at radius 2 is 1.69 bits per heavy atom. The number of halogens is 1. The van der Waals surface area contributed by atoms with Gasteiger partial charge < -0.3 is 10.1 Å². The molecule has 0 aliphatic carbocycles. The minimum atomic E-state index is -0.156. The molecule has 5 rings (SSSR count). The van der Waals surface area contributed by atoms with E-state index in [4.69, 9.17) is 4.74 Å². The first-order chi connectivity index (χ1) is 18.9. The molecule has 0 aromatic heterocycles. The lowest BCUT2D eigenvalue weighted by Crippen LogP contribution is -2.19. The van der Waals surface area contributed by atoms with Gasteiger partial charge in [-0.2, -0.15) is 0 Å². The van der Waals surface area contributed by atoms with Crippen LogP contribution in [-0.2, 0) is 5.41 Å². The van der Waals surface area contributed by atoms with Crippen LogP contribution in [0.5, 0.6) is 5.75 Å². The molecule has 1 unspecified atom stereocenters. The SMILES string of the molecule is CCCC(CC)Oc1ccc(C2=C(c3ccc4c(c3)C(C)(C)CN4)CSc3ccccc32)cc1.CCCCF. The predicted octanol–water partition coefficient (Wildman–Crippen LogP) is 10.2. The molecule has 2 aliphatic rings. The molecule has 39 heavy (non-hydrogen) atoms. The first-order valence-corrected chi connectivity index (χ1v) is 15.6. The van der Waals surface area contributed by atoms with Gasteiger partial charge in [-0.3, -0.25) is 4.39 Å². The largest absolute Gasteiger partial charge is 0.490 e. The number of anilines is 1. The van der Waals surface area contributed by atoms with Gasteiger partial charge in [0.15, 0.2) is 0 Å². The fourth-order valence-corrected chi connectivity index (χ4v) is 6.40. The minimum Gasteiger partial charge on any atom is -0.490 e. The second kappa shape index (κ2) is 13.6. The van der Waals surface area contributed by atoms with Gasteiger partial charge in [0.05, 0.1) is 12.8 Å². The summed E-state index contributed by atoms with van der Waals surface area (Å²) >= 11 is 1.95. The predicted molar refractivity (Wildman–Crippen MR) is 168 cm³/mol. The lowest BCUT2D eigenvalue weighted by molar-refractivity contribution is 0.186. The Labute approximate surface area is 239 Å². The molecule has 0 radical (unpaired) electrons. The number of thioether (sulfide) groups is 1. The maximum absolute atomic E-state index is 11.0. The van der Waals surface area contributed by atoms with Crippen molar-refractivity contribution in [1.82, 2.24) is 0 Å². The Bertz CT molecular complexity index is 1260. The summed E-state index contributed by atoms with van der Waals surface area (Å²) in [6.45, 7) is 11.9. The van der Waals surface area contributed by atoms with Crippen LogP contribution in [0.2, 0.25) is 0 Å². The monoisotopic (exact) mass is 545 g/mol. The number of unbranched alkanes of at least 4 members (excludes halogenated alkanes) is 1. The second-order valence-corrected chi connectivity index (χ2v) is 12.2. The molecular weight excluding hydrogens is 501 g/mol. The molecule has 0 spiro atoms. The molecule has 208 valence electrons. The summed E-state index contributed by atoms with van der Waals surface area (Å²) in [7, 11) is 0. The standard InChI is InChI=1S/C31H35NOS.C4H9F/c1-5-9-23(6-2)33-24-15-12-21(13-16-24)30-25-10-7-8-11-29(25)34-19-26(30)22-14-17-28-27(18-22)31(3,4)20-32-28;1-2-3-4-5/h7-8,10-18,23,32H,5-6,9,19-20H2,1-4H3;2-4H2,1H3. The average Bonchev–Trinajstić information content (AvgIpc) is 3.27. The molecule has 0 bridgehead atoms. The van der Waals surface area contributed by atoms with Crippen LogP contribution in [0.3, 0.4) is 0 Å². The van der Waals surface area contributed by atoms with Crippen molar-refractivity contribution in [1.29, 1.82) is 0 Å². The summed E-state index contributed by atoms with van der Waals surface area (Å²) in [5.41, 5.74) is 9.55. The molecule has 2 aliphatic heterocycles. The number of ether oxygens (including phenoxy) is 1. The molecule has 2 nitrogen and oxygen atoms in total. The van der Waals surface area contributed by atoms with Crippen molar-refractivity contribution in [3.05, 3.63) is 89.0 Å². The molecule has 0 fully saturated rings. The van der Waals surface area contributed by atoms with Crippen LogP contribution in [0, 0.1) is 0 Å². The number of alkyl halides is 1. The third kappa shape index (κ3) is 6.90. The summed E-state index contributed by atoms with van der Waals surface area (Å²) in [6, 6.07) is 24.6. The van der Waals surface area contributed by atoms with Gasteiger partial charge in [-0.25, -0.2) is 0 Å². The van der Waals surface area contributed by atoms with E-state index in [0.29, 0.717) is 6.10 Å². The number of benzene rings is 3. The molecular formula is C35H44FNOS. The maximum Gasteiger partial charge on any atom is 0.119 e. The first kappa shape index (κ1) is 29.3. The van der Waals surface area contributed by atoms with Crippen LogP contribution in [0.15, 0.2) is 71.6 Å². The Morgan fingerprint density at radius 1 is 0.949 bits per heavy atom. The van der Waals surface area contributed by atoms with E-state index in [0.717, 1.165) is 50.2 Å². The number of fused-ring (bicyclic) bond motifs is 2. The van der Waals surface area contributed by atoms with E-state index in [2.05, 4.69) is 99.7 Å². The van der Waals surface area contributed by atoms with Crippen molar-refractivity contribution in [2.75, 3.05) is 24.3 Å². The van der Waals surface area contributed by atoms with Crippen molar-refractivity contribution in [3.8, 4) is 5.75 Å². The van der Waals surface area contributed by atoms with Crippen LogP contribution in [0.4, 0.5) is 10.1 Å².